The summed E-state index contributed by atoms with van der Waals surface area (Å²) < 4.78 is 5.60. The molecule has 3 rings (SSSR count). The van der Waals surface area contributed by atoms with Crippen LogP contribution < -0.4 is 10.1 Å². The third kappa shape index (κ3) is 6.38. The lowest BCUT2D eigenvalue weighted by Crippen LogP contribution is -2.45. The first-order valence-corrected chi connectivity index (χ1v) is 10.5. The van der Waals surface area contributed by atoms with Crippen molar-refractivity contribution in [2.75, 3.05) is 19.7 Å². The van der Waals surface area contributed by atoms with E-state index >= 15 is 0 Å². The molecule has 1 heterocycles. The number of carbonyl (C=O) groups is 2. The number of piperidine rings is 1. The zero-order valence-electron chi connectivity index (χ0n) is 16.1. The Morgan fingerprint density at radius 1 is 1.14 bits per heavy atom. The van der Waals surface area contributed by atoms with Gasteiger partial charge in [0, 0.05) is 29.7 Å². The number of carbonyl (C=O) groups excluding carboxylic acids is 2. The number of nitrogens with zero attached hydrogens (tertiary/aromatic N) is 1. The van der Waals surface area contributed by atoms with Gasteiger partial charge in [-0.05, 0) is 42.7 Å². The molecule has 154 valence electrons. The quantitative estimate of drug-likeness (QED) is 0.705. The van der Waals surface area contributed by atoms with Gasteiger partial charge in [0.15, 0.2) is 0 Å². The second-order valence-electron chi connectivity index (χ2n) is 7.04. The Morgan fingerprint density at radius 3 is 2.69 bits per heavy atom. The van der Waals surface area contributed by atoms with Crippen LogP contribution in [0.15, 0.2) is 48.5 Å². The van der Waals surface area contributed by atoms with Crippen LogP contribution in [0.4, 0.5) is 0 Å². The number of rotatable bonds is 7. The summed E-state index contributed by atoms with van der Waals surface area (Å²) in [7, 11) is 0. The minimum absolute atomic E-state index is 0.0131. The highest BCUT2D eigenvalue weighted by molar-refractivity contribution is 6.35. The van der Waals surface area contributed by atoms with Gasteiger partial charge >= 0.3 is 0 Å². The van der Waals surface area contributed by atoms with E-state index in [0.29, 0.717) is 42.7 Å². The topological polar surface area (TPSA) is 58.6 Å². The smallest absolute Gasteiger partial charge is 0.226 e. The lowest BCUT2D eigenvalue weighted by Gasteiger charge is -2.32. The first kappa shape index (κ1) is 21.5. The summed E-state index contributed by atoms with van der Waals surface area (Å²) >= 11 is 12.1. The van der Waals surface area contributed by atoms with Crippen LogP contribution in [0.3, 0.4) is 0 Å². The van der Waals surface area contributed by atoms with Crippen LogP contribution in [0, 0.1) is 5.92 Å². The highest BCUT2D eigenvalue weighted by Gasteiger charge is 2.28. The predicted octanol–water partition coefficient (Wildman–Crippen LogP) is 4.32. The lowest BCUT2D eigenvalue weighted by molar-refractivity contribution is -0.136. The first-order valence-electron chi connectivity index (χ1n) is 9.70. The molecule has 1 saturated heterocycles. The molecular formula is C22H24Cl2N2O3. The van der Waals surface area contributed by atoms with E-state index in [4.69, 9.17) is 27.9 Å². The summed E-state index contributed by atoms with van der Waals surface area (Å²) in [5.41, 5.74) is 0.811. The van der Waals surface area contributed by atoms with Gasteiger partial charge in [-0.15, -0.1) is 0 Å². The molecule has 0 saturated carbocycles. The fourth-order valence-electron chi connectivity index (χ4n) is 3.34. The van der Waals surface area contributed by atoms with Gasteiger partial charge in [0.1, 0.15) is 5.75 Å². The van der Waals surface area contributed by atoms with Crippen molar-refractivity contribution in [3.63, 3.8) is 0 Å². The number of hydrogen-bond acceptors (Lipinski definition) is 3. The van der Waals surface area contributed by atoms with E-state index < -0.39 is 0 Å². The molecule has 7 heteroatoms. The molecule has 2 aromatic rings. The number of para-hydroxylation sites is 1. The van der Waals surface area contributed by atoms with Crippen molar-refractivity contribution in [1.82, 2.24) is 10.2 Å². The van der Waals surface area contributed by atoms with Crippen molar-refractivity contribution in [2.24, 2.45) is 5.92 Å². The molecule has 1 aliphatic heterocycles. The highest BCUT2D eigenvalue weighted by atomic mass is 35.5. The number of ether oxygens (including phenoxy) is 1. The van der Waals surface area contributed by atoms with Crippen LogP contribution in [0.1, 0.15) is 24.8 Å². The zero-order valence-corrected chi connectivity index (χ0v) is 17.6. The van der Waals surface area contributed by atoms with Crippen LogP contribution in [0.2, 0.25) is 10.0 Å². The molecule has 29 heavy (non-hydrogen) atoms. The Balaban J connectivity index is 1.45. The molecule has 0 aromatic heterocycles. The number of likely N-dealkylation sites (tertiary alicyclic amines) is 1. The Bertz CT molecular complexity index is 845. The van der Waals surface area contributed by atoms with Crippen molar-refractivity contribution < 1.29 is 14.3 Å². The molecule has 1 fully saturated rings. The molecule has 2 amide bonds. The molecule has 0 spiro atoms. The molecular weight excluding hydrogens is 411 g/mol. The molecule has 0 radical (unpaired) electrons. The SMILES string of the molecule is O=C(NCc1ccc(Cl)cc1Cl)C1CCCN(C(=O)CCOc2ccccc2)C1. The van der Waals surface area contributed by atoms with Crippen LogP contribution in [0.5, 0.6) is 5.75 Å². The van der Waals surface area contributed by atoms with Crippen LogP contribution >= 0.6 is 23.2 Å². The van der Waals surface area contributed by atoms with E-state index in [9.17, 15) is 9.59 Å². The molecule has 2 aromatic carbocycles. The van der Waals surface area contributed by atoms with Gasteiger partial charge in [-0.2, -0.15) is 0 Å². The summed E-state index contributed by atoms with van der Waals surface area (Å²) in [5, 5.41) is 4.01. The van der Waals surface area contributed by atoms with E-state index in [-0.39, 0.29) is 17.7 Å². The van der Waals surface area contributed by atoms with Crippen molar-refractivity contribution in [3.05, 3.63) is 64.1 Å². The van der Waals surface area contributed by atoms with Gasteiger partial charge in [0.05, 0.1) is 18.9 Å². The summed E-state index contributed by atoms with van der Waals surface area (Å²) in [4.78, 5) is 26.8. The van der Waals surface area contributed by atoms with Gasteiger partial charge in [0.2, 0.25) is 11.8 Å². The van der Waals surface area contributed by atoms with Crippen LogP contribution in [-0.2, 0) is 16.1 Å². The number of amides is 2. The maximum Gasteiger partial charge on any atom is 0.226 e. The standard InChI is InChI=1S/C22H24Cl2N2O3/c23-18-9-8-16(20(24)13-18)14-25-22(28)17-5-4-11-26(15-17)21(27)10-12-29-19-6-2-1-3-7-19/h1-3,6-9,13,17H,4-5,10-12,14-15H2,(H,25,28). The lowest BCUT2D eigenvalue weighted by atomic mass is 9.96. The van der Waals surface area contributed by atoms with Gasteiger partial charge in [-0.3, -0.25) is 9.59 Å². The average molecular weight is 435 g/mol. The third-order valence-corrected chi connectivity index (χ3v) is 5.53. The fraction of sp³-hybridized carbons (Fsp3) is 0.364. The molecule has 0 bridgehead atoms. The summed E-state index contributed by atoms with van der Waals surface area (Å²) in [6, 6.07) is 14.6. The van der Waals surface area contributed by atoms with Gasteiger partial charge < -0.3 is 15.0 Å². The van der Waals surface area contributed by atoms with Gasteiger partial charge in [-0.1, -0.05) is 47.5 Å². The normalized spacial score (nSPS) is 16.3. The van der Waals surface area contributed by atoms with Gasteiger partial charge in [0.25, 0.3) is 0 Å². The molecule has 1 unspecified atom stereocenters. The van der Waals surface area contributed by atoms with E-state index in [1.54, 1.807) is 23.1 Å². The van der Waals surface area contributed by atoms with E-state index in [2.05, 4.69) is 5.32 Å². The molecule has 1 aliphatic rings. The van der Waals surface area contributed by atoms with E-state index in [1.165, 1.54) is 0 Å². The number of benzene rings is 2. The molecule has 5 nitrogen and oxygen atoms in total. The number of nitrogens with one attached hydrogen (secondary N) is 1. The average Bonchev–Trinajstić information content (AvgIpc) is 2.73. The van der Waals surface area contributed by atoms with Crippen molar-refractivity contribution in [2.45, 2.75) is 25.8 Å². The Labute approximate surface area is 180 Å². The van der Waals surface area contributed by atoms with Crippen LogP contribution in [0.25, 0.3) is 0 Å². The molecule has 1 N–H and O–H groups in total. The predicted molar refractivity (Wildman–Crippen MR) is 114 cm³/mol. The van der Waals surface area contributed by atoms with E-state index in [0.717, 1.165) is 24.2 Å². The van der Waals surface area contributed by atoms with Crippen LogP contribution in [-0.4, -0.2) is 36.4 Å². The monoisotopic (exact) mass is 434 g/mol. The summed E-state index contributed by atoms with van der Waals surface area (Å²) in [6.07, 6.45) is 1.87. The Hall–Kier alpha value is -2.24. The second kappa shape index (κ2) is 10.5. The second-order valence-corrected chi connectivity index (χ2v) is 7.89. The zero-order chi connectivity index (χ0) is 20.6. The fourth-order valence-corrected chi connectivity index (χ4v) is 3.82. The van der Waals surface area contributed by atoms with Crippen molar-refractivity contribution >= 4 is 35.0 Å². The highest BCUT2D eigenvalue weighted by Crippen LogP contribution is 2.22. The van der Waals surface area contributed by atoms with Crippen molar-refractivity contribution in [1.29, 1.82) is 0 Å². The summed E-state index contributed by atoms with van der Waals surface area (Å²) in [6.45, 7) is 1.77. The number of hydrogen-bond donors (Lipinski definition) is 1. The van der Waals surface area contributed by atoms with Crippen molar-refractivity contribution in [3.8, 4) is 5.75 Å². The Morgan fingerprint density at radius 2 is 1.93 bits per heavy atom. The Kier molecular flexibility index (Phi) is 7.78. The van der Waals surface area contributed by atoms with Gasteiger partial charge in [-0.25, -0.2) is 0 Å². The molecule has 0 aliphatic carbocycles. The van der Waals surface area contributed by atoms with E-state index in [1.807, 2.05) is 30.3 Å². The number of halogens is 2. The molecule has 1 atom stereocenters. The minimum atomic E-state index is -0.214. The third-order valence-electron chi connectivity index (χ3n) is 4.94. The summed E-state index contributed by atoms with van der Waals surface area (Å²) in [5.74, 6) is 0.485. The maximum atomic E-state index is 12.6. The first-order chi connectivity index (χ1) is 14.0. The minimum Gasteiger partial charge on any atom is -0.493 e. The largest absolute Gasteiger partial charge is 0.493 e. The maximum absolute atomic E-state index is 12.6.